The summed E-state index contributed by atoms with van der Waals surface area (Å²) in [5.41, 5.74) is 0.474. The van der Waals surface area contributed by atoms with Crippen LogP contribution in [0.3, 0.4) is 0 Å². The molecule has 0 saturated carbocycles. The van der Waals surface area contributed by atoms with Gasteiger partial charge in [-0.15, -0.1) is 0 Å². The summed E-state index contributed by atoms with van der Waals surface area (Å²) in [6.07, 6.45) is -0.452. The van der Waals surface area contributed by atoms with Crippen LogP contribution in [0.25, 0.3) is 0 Å². The van der Waals surface area contributed by atoms with Crippen molar-refractivity contribution in [1.29, 1.82) is 0 Å². The molecule has 0 spiro atoms. The summed E-state index contributed by atoms with van der Waals surface area (Å²) >= 11 is 0. The molecule has 16 heavy (non-hydrogen) atoms. The molecule has 5 heteroatoms. The van der Waals surface area contributed by atoms with Gasteiger partial charge in [0.05, 0.1) is 6.61 Å². The topological polar surface area (TPSA) is 49.8 Å². The minimum atomic E-state index is -0.545. The second-order valence-electron chi connectivity index (χ2n) is 3.61. The molecule has 1 aromatic carbocycles. The van der Waals surface area contributed by atoms with Crippen molar-refractivity contribution in [3.8, 4) is 0 Å². The molecule has 1 heterocycles. The maximum Gasteiger partial charge on any atom is 0.414 e. The number of aliphatic hydroxyl groups excluding tert-OH is 1. The van der Waals surface area contributed by atoms with Crippen LogP contribution in [0.2, 0.25) is 0 Å². The van der Waals surface area contributed by atoms with Crippen molar-refractivity contribution in [2.75, 3.05) is 18.1 Å². The Balaban J connectivity index is 2.14. The van der Waals surface area contributed by atoms with Gasteiger partial charge in [-0.2, -0.15) is 0 Å². The fourth-order valence-corrected chi connectivity index (χ4v) is 1.64. The van der Waals surface area contributed by atoms with Crippen LogP contribution in [0.1, 0.15) is 6.42 Å². The summed E-state index contributed by atoms with van der Waals surface area (Å²) in [5.74, 6) is -0.394. The smallest absolute Gasteiger partial charge is 0.414 e. The second-order valence-corrected chi connectivity index (χ2v) is 3.61. The van der Waals surface area contributed by atoms with Gasteiger partial charge in [0, 0.05) is 18.7 Å². The number of carbonyl (C=O) groups is 1. The predicted octanol–water partition coefficient (Wildman–Crippen LogP) is 1.53. The quantitative estimate of drug-likeness (QED) is 0.830. The van der Waals surface area contributed by atoms with E-state index < -0.39 is 18.0 Å². The van der Waals surface area contributed by atoms with Gasteiger partial charge in [-0.05, 0) is 18.2 Å². The summed E-state index contributed by atoms with van der Waals surface area (Å²) in [7, 11) is 0. The number of aliphatic hydroxyl groups is 1. The van der Waals surface area contributed by atoms with Gasteiger partial charge in [0.15, 0.2) is 0 Å². The molecule has 0 aromatic heterocycles. The molecule has 1 aliphatic heterocycles. The normalized spacial score (nSPS) is 20.8. The lowest BCUT2D eigenvalue weighted by Gasteiger charge is -2.30. The standard InChI is InChI=1S/C11H12FNO3/c12-8-2-1-3-9(6-8)13-5-4-10(7-14)16-11(13)15/h1-3,6,10,14H,4-5,7H2. The highest BCUT2D eigenvalue weighted by molar-refractivity contribution is 5.88. The Morgan fingerprint density at radius 2 is 2.38 bits per heavy atom. The van der Waals surface area contributed by atoms with E-state index in [1.807, 2.05) is 0 Å². The zero-order valence-electron chi connectivity index (χ0n) is 8.60. The third kappa shape index (κ3) is 2.14. The van der Waals surface area contributed by atoms with Gasteiger partial charge in [-0.3, -0.25) is 4.90 Å². The van der Waals surface area contributed by atoms with E-state index in [1.165, 1.54) is 23.1 Å². The third-order valence-electron chi connectivity index (χ3n) is 2.49. The maximum absolute atomic E-state index is 13.0. The van der Waals surface area contributed by atoms with Crippen LogP contribution < -0.4 is 4.90 Å². The second kappa shape index (κ2) is 4.49. The average Bonchev–Trinajstić information content (AvgIpc) is 2.28. The Labute approximate surface area is 92.2 Å². The van der Waals surface area contributed by atoms with E-state index in [2.05, 4.69) is 0 Å². The van der Waals surface area contributed by atoms with Crippen LogP contribution in [0.15, 0.2) is 24.3 Å². The van der Waals surface area contributed by atoms with Gasteiger partial charge in [-0.1, -0.05) is 6.07 Å². The zero-order valence-corrected chi connectivity index (χ0v) is 8.60. The number of carbonyl (C=O) groups excluding carboxylic acids is 1. The zero-order chi connectivity index (χ0) is 11.5. The molecule has 1 atom stereocenters. The number of benzene rings is 1. The highest BCUT2D eigenvalue weighted by Gasteiger charge is 2.27. The molecule has 0 radical (unpaired) electrons. The minimum absolute atomic E-state index is 0.178. The summed E-state index contributed by atoms with van der Waals surface area (Å²) in [5, 5.41) is 8.85. The van der Waals surface area contributed by atoms with E-state index in [9.17, 15) is 9.18 Å². The van der Waals surface area contributed by atoms with Gasteiger partial charge < -0.3 is 9.84 Å². The summed E-state index contributed by atoms with van der Waals surface area (Å²) < 4.78 is 17.9. The first kappa shape index (κ1) is 10.9. The molecule has 1 aromatic rings. The predicted molar refractivity (Wildman–Crippen MR) is 55.7 cm³/mol. The number of anilines is 1. The van der Waals surface area contributed by atoms with Crippen molar-refractivity contribution < 1.29 is 19.0 Å². The number of ether oxygens (including phenoxy) is 1. The van der Waals surface area contributed by atoms with E-state index in [4.69, 9.17) is 9.84 Å². The molecule has 86 valence electrons. The van der Waals surface area contributed by atoms with Gasteiger partial charge in [0.1, 0.15) is 11.9 Å². The Morgan fingerprint density at radius 1 is 1.56 bits per heavy atom. The lowest BCUT2D eigenvalue weighted by molar-refractivity contribution is 0.0453. The molecule has 1 amide bonds. The number of nitrogens with zero attached hydrogens (tertiary/aromatic N) is 1. The number of rotatable bonds is 2. The number of cyclic esters (lactones) is 1. The summed E-state index contributed by atoms with van der Waals surface area (Å²) in [6.45, 7) is 0.246. The van der Waals surface area contributed by atoms with Crippen molar-refractivity contribution in [1.82, 2.24) is 0 Å². The van der Waals surface area contributed by atoms with Crippen molar-refractivity contribution in [3.05, 3.63) is 30.1 Å². The monoisotopic (exact) mass is 225 g/mol. The molecule has 1 N–H and O–H groups in total. The molecule has 1 fully saturated rings. The number of halogens is 1. The molecular weight excluding hydrogens is 213 g/mol. The Hall–Kier alpha value is -1.62. The Bertz CT molecular complexity index is 397. The fraction of sp³-hybridized carbons (Fsp3) is 0.364. The number of hydrogen-bond acceptors (Lipinski definition) is 3. The Kier molecular flexibility index (Phi) is 3.05. The largest absolute Gasteiger partial charge is 0.443 e. The van der Waals surface area contributed by atoms with Crippen LogP contribution in [-0.4, -0.2) is 30.5 Å². The van der Waals surface area contributed by atoms with E-state index in [0.717, 1.165) is 0 Å². The first-order valence-corrected chi connectivity index (χ1v) is 5.05. The van der Waals surface area contributed by atoms with Crippen LogP contribution in [0, 0.1) is 5.82 Å². The van der Waals surface area contributed by atoms with Crippen LogP contribution >= 0.6 is 0 Å². The lowest BCUT2D eigenvalue weighted by atomic mass is 10.2. The molecule has 4 nitrogen and oxygen atoms in total. The first-order chi connectivity index (χ1) is 7.70. The van der Waals surface area contributed by atoms with Crippen LogP contribution in [0.5, 0.6) is 0 Å². The van der Waals surface area contributed by atoms with Gasteiger partial charge in [0.25, 0.3) is 0 Å². The van der Waals surface area contributed by atoms with E-state index >= 15 is 0 Å². The van der Waals surface area contributed by atoms with Crippen molar-refractivity contribution in [2.45, 2.75) is 12.5 Å². The summed E-state index contributed by atoms with van der Waals surface area (Å²) in [4.78, 5) is 12.9. The molecule has 1 aliphatic rings. The minimum Gasteiger partial charge on any atom is -0.443 e. The first-order valence-electron chi connectivity index (χ1n) is 5.05. The van der Waals surface area contributed by atoms with E-state index in [0.29, 0.717) is 18.7 Å². The molecule has 2 rings (SSSR count). The molecule has 1 saturated heterocycles. The number of hydrogen-bond donors (Lipinski definition) is 1. The van der Waals surface area contributed by atoms with Crippen molar-refractivity contribution in [3.63, 3.8) is 0 Å². The molecule has 1 unspecified atom stereocenters. The highest BCUT2D eigenvalue weighted by atomic mass is 19.1. The molecule has 0 bridgehead atoms. The molecular formula is C11H12FNO3. The summed E-state index contributed by atoms with van der Waals surface area (Å²) in [6, 6.07) is 5.77. The van der Waals surface area contributed by atoms with Gasteiger partial charge >= 0.3 is 6.09 Å². The lowest BCUT2D eigenvalue weighted by Crippen LogP contribution is -2.43. The third-order valence-corrected chi connectivity index (χ3v) is 2.49. The fourth-order valence-electron chi connectivity index (χ4n) is 1.64. The van der Waals surface area contributed by atoms with E-state index in [-0.39, 0.29) is 6.61 Å². The van der Waals surface area contributed by atoms with Gasteiger partial charge in [0.2, 0.25) is 0 Å². The van der Waals surface area contributed by atoms with E-state index in [1.54, 1.807) is 6.07 Å². The van der Waals surface area contributed by atoms with Crippen molar-refractivity contribution >= 4 is 11.8 Å². The molecule has 0 aliphatic carbocycles. The van der Waals surface area contributed by atoms with Crippen LogP contribution in [0.4, 0.5) is 14.9 Å². The van der Waals surface area contributed by atoms with Crippen LogP contribution in [-0.2, 0) is 4.74 Å². The van der Waals surface area contributed by atoms with Crippen molar-refractivity contribution in [2.24, 2.45) is 0 Å². The van der Waals surface area contributed by atoms with Gasteiger partial charge in [-0.25, -0.2) is 9.18 Å². The SMILES string of the molecule is O=C1OC(CO)CCN1c1cccc(F)c1. The highest BCUT2D eigenvalue weighted by Crippen LogP contribution is 2.21. The average molecular weight is 225 g/mol. The number of amides is 1. The Morgan fingerprint density at radius 3 is 3.00 bits per heavy atom. The maximum atomic E-state index is 13.0.